The van der Waals surface area contributed by atoms with Gasteiger partial charge < -0.3 is 9.80 Å². The quantitative estimate of drug-likeness (QED) is 0.351. The van der Waals surface area contributed by atoms with Crippen molar-refractivity contribution >= 4 is 28.8 Å². The molecule has 0 atom stereocenters. The number of anilines is 1. The third-order valence-corrected chi connectivity index (χ3v) is 7.04. The predicted molar refractivity (Wildman–Crippen MR) is 145 cm³/mol. The molecule has 0 aliphatic carbocycles. The van der Waals surface area contributed by atoms with Crippen LogP contribution in [0.4, 0.5) is 5.82 Å². The first-order valence-electron chi connectivity index (χ1n) is 12.2. The first-order valence-corrected chi connectivity index (χ1v) is 12.6. The summed E-state index contributed by atoms with van der Waals surface area (Å²) in [5, 5.41) is 9.42. The van der Waals surface area contributed by atoms with Crippen LogP contribution in [-0.2, 0) is 18.3 Å². The topological polar surface area (TPSA) is 71.6 Å². The second-order valence-corrected chi connectivity index (χ2v) is 9.72. The van der Waals surface area contributed by atoms with Gasteiger partial charge in [0.1, 0.15) is 5.82 Å². The summed E-state index contributed by atoms with van der Waals surface area (Å²) in [7, 11) is 1.91. The Morgan fingerprint density at radius 2 is 1.78 bits per heavy atom. The number of halogens is 1. The van der Waals surface area contributed by atoms with Crippen molar-refractivity contribution in [3.05, 3.63) is 90.1 Å². The maximum Gasteiger partial charge on any atom is 0.227 e. The predicted octanol–water partition coefficient (Wildman–Crippen LogP) is 4.34. The number of benzene rings is 1. The molecule has 9 heteroatoms. The first-order chi connectivity index (χ1) is 18.0. The monoisotopic (exact) mass is 511 g/mol. The van der Waals surface area contributed by atoms with Gasteiger partial charge in [0.25, 0.3) is 0 Å². The molecule has 5 heterocycles. The number of pyridine rings is 2. The number of nitrogens with zero attached hydrogens (tertiary/aromatic N) is 7. The number of rotatable bonds is 5. The van der Waals surface area contributed by atoms with E-state index >= 15 is 0 Å². The zero-order valence-corrected chi connectivity index (χ0v) is 21.2. The van der Waals surface area contributed by atoms with Gasteiger partial charge in [-0.1, -0.05) is 23.7 Å². The Labute approximate surface area is 219 Å². The molecule has 1 saturated heterocycles. The molecule has 0 spiro atoms. The van der Waals surface area contributed by atoms with Crippen molar-refractivity contribution in [2.75, 3.05) is 31.1 Å². The molecule has 0 radical (unpaired) electrons. The van der Waals surface area contributed by atoms with E-state index in [0.29, 0.717) is 24.5 Å². The van der Waals surface area contributed by atoms with Gasteiger partial charge in [-0.25, -0.2) is 9.50 Å². The van der Waals surface area contributed by atoms with Crippen molar-refractivity contribution in [2.45, 2.75) is 6.42 Å². The lowest BCUT2D eigenvalue weighted by Gasteiger charge is -2.35. The molecule has 1 amide bonds. The molecule has 0 N–H and O–H groups in total. The minimum Gasteiger partial charge on any atom is -0.353 e. The van der Waals surface area contributed by atoms with Crippen LogP contribution in [0.5, 0.6) is 0 Å². The van der Waals surface area contributed by atoms with Gasteiger partial charge in [0.2, 0.25) is 5.91 Å². The van der Waals surface area contributed by atoms with Crippen LogP contribution in [0, 0.1) is 0 Å². The lowest BCUT2D eigenvalue weighted by molar-refractivity contribution is -0.130. The maximum absolute atomic E-state index is 12.8. The summed E-state index contributed by atoms with van der Waals surface area (Å²) in [6.07, 6.45) is 9.96. The highest BCUT2D eigenvalue weighted by atomic mass is 35.5. The number of fused-ring (bicyclic) bond motifs is 1. The number of amides is 1. The molecule has 0 bridgehead atoms. The number of carbonyl (C=O) groups excluding carboxylic acids is 1. The van der Waals surface area contributed by atoms with Crippen LogP contribution >= 0.6 is 11.6 Å². The van der Waals surface area contributed by atoms with E-state index in [0.717, 1.165) is 52.2 Å². The number of hydrogen-bond donors (Lipinski definition) is 0. The Morgan fingerprint density at radius 1 is 0.919 bits per heavy atom. The standard InChI is InChI=1S/C28H26ClN7O/c1-33-18-23(17-32-33)22-15-25(26-7-8-31-36(26)19-22)21-5-6-27(30-16-21)34-9-11-35(12-10-34)28(37)14-20-3-2-4-24(29)13-20/h2-8,13,15-19H,9-12,14H2,1H3. The molecule has 1 fully saturated rings. The van der Waals surface area contributed by atoms with Crippen molar-refractivity contribution < 1.29 is 4.79 Å². The number of carbonyl (C=O) groups is 1. The smallest absolute Gasteiger partial charge is 0.227 e. The number of aryl methyl sites for hydroxylation is 1. The minimum absolute atomic E-state index is 0.128. The van der Waals surface area contributed by atoms with Gasteiger partial charge in [-0.3, -0.25) is 9.48 Å². The zero-order valence-electron chi connectivity index (χ0n) is 20.5. The van der Waals surface area contributed by atoms with E-state index in [2.05, 4.69) is 33.3 Å². The second-order valence-electron chi connectivity index (χ2n) is 9.29. The van der Waals surface area contributed by atoms with Crippen molar-refractivity contribution in [2.24, 2.45) is 7.05 Å². The van der Waals surface area contributed by atoms with Gasteiger partial charge in [-0.2, -0.15) is 10.2 Å². The second kappa shape index (κ2) is 9.71. The molecule has 8 nitrogen and oxygen atoms in total. The van der Waals surface area contributed by atoms with Gasteiger partial charge in [0, 0.05) is 85.3 Å². The van der Waals surface area contributed by atoms with Crippen molar-refractivity contribution in [1.29, 1.82) is 0 Å². The van der Waals surface area contributed by atoms with E-state index in [1.807, 2.05) is 71.6 Å². The van der Waals surface area contributed by atoms with Gasteiger partial charge in [-0.15, -0.1) is 0 Å². The van der Waals surface area contributed by atoms with Crippen molar-refractivity contribution in [3.8, 4) is 22.3 Å². The maximum atomic E-state index is 12.8. The van der Waals surface area contributed by atoms with Crippen LogP contribution in [-0.4, -0.2) is 61.4 Å². The molecule has 0 saturated carbocycles. The highest BCUT2D eigenvalue weighted by Gasteiger charge is 2.22. The Hall–Kier alpha value is -4.17. The molecule has 4 aromatic heterocycles. The largest absolute Gasteiger partial charge is 0.353 e. The Morgan fingerprint density at radius 3 is 2.51 bits per heavy atom. The Balaban J connectivity index is 1.16. The lowest BCUT2D eigenvalue weighted by atomic mass is 10.0. The number of aromatic nitrogens is 5. The molecule has 1 aliphatic rings. The summed E-state index contributed by atoms with van der Waals surface area (Å²) in [6.45, 7) is 2.84. The average molecular weight is 512 g/mol. The van der Waals surface area contributed by atoms with Crippen LogP contribution in [0.2, 0.25) is 5.02 Å². The molecule has 0 unspecified atom stereocenters. The average Bonchev–Trinajstić information content (AvgIpc) is 3.57. The van der Waals surface area contributed by atoms with E-state index in [4.69, 9.17) is 16.6 Å². The SMILES string of the molecule is Cn1cc(-c2cc(-c3ccc(N4CCN(C(=O)Cc5cccc(Cl)c5)CC4)nc3)c3ccnn3c2)cn1. The van der Waals surface area contributed by atoms with Crippen LogP contribution in [0.15, 0.2) is 79.5 Å². The van der Waals surface area contributed by atoms with Gasteiger partial charge in [-0.05, 0) is 42.0 Å². The fourth-order valence-corrected chi connectivity index (χ4v) is 5.05. The third-order valence-electron chi connectivity index (χ3n) is 6.81. The lowest BCUT2D eigenvalue weighted by Crippen LogP contribution is -2.49. The molecular weight excluding hydrogens is 486 g/mol. The van der Waals surface area contributed by atoms with Gasteiger partial charge in [0.05, 0.1) is 18.1 Å². The molecule has 5 aromatic rings. The fourth-order valence-electron chi connectivity index (χ4n) is 4.84. The summed E-state index contributed by atoms with van der Waals surface area (Å²) in [6, 6.07) is 15.8. The molecule has 37 heavy (non-hydrogen) atoms. The Kier molecular flexibility index (Phi) is 6.10. The molecule has 6 rings (SSSR count). The van der Waals surface area contributed by atoms with Crippen LogP contribution in [0.25, 0.3) is 27.8 Å². The normalized spacial score (nSPS) is 13.9. The van der Waals surface area contributed by atoms with Crippen LogP contribution < -0.4 is 4.90 Å². The van der Waals surface area contributed by atoms with Gasteiger partial charge in [0.15, 0.2) is 0 Å². The van der Waals surface area contributed by atoms with E-state index in [-0.39, 0.29) is 5.91 Å². The first kappa shape index (κ1) is 23.2. The molecular formula is C28H26ClN7O. The van der Waals surface area contributed by atoms with Crippen LogP contribution in [0.3, 0.4) is 0 Å². The summed E-state index contributed by atoms with van der Waals surface area (Å²) in [4.78, 5) is 21.7. The van der Waals surface area contributed by atoms with Gasteiger partial charge >= 0.3 is 0 Å². The summed E-state index contributed by atoms with van der Waals surface area (Å²) in [5.41, 5.74) is 6.13. The molecule has 1 aliphatic heterocycles. The minimum atomic E-state index is 0.128. The fraction of sp³-hybridized carbons (Fsp3) is 0.214. The summed E-state index contributed by atoms with van der Waals surface area (Å²) in [5.74, 6) is 1.04. The summed E-state index contributed by atoms with van der Waals surface area (Å²) < 4.78 is 3.69. The molecule has 186 valence electrons. The molecule has 1 aromatic carbocycles. The van der Waals surface area contributed by atoms with Crippen molar-refractivity contribution in [3.63, 3.8) is 0 Å². The number of hydrogen-bond acceptors (Lipinski definition) is 5. The van der Waals surface area contributed by atoms with E-state index in [9.17, 15) is 4.79 Å². The van der Waals surface area contributed by atoms with Crippen LogP contribution in [0.1, 0.15) is 5.56 Å². The number of piperazine rings is 1. The van der Waals surface area contributed by atoms with E-state index < -0.39 is 0 Å². The highest BCUT2D eigenvalue weighted by molar-refractivity contribution is 6.30. The van der Waals surface area contributed by atoms with E-state index in [1.54, 1.807) is 10.9 Å². The summed E-state index contributed by atoms with van der Waals surface area (Å²) >= 11 is 6.06. The van der Waals surface area contributed by atoms with Crippen molar-refractivity contribution in [1.82, 2.24) is 29.3 Å². The zero-order chi connectivity index (χ0) is 25.4. The highest BCUT2D eigenvalue weighted by Crippen LogP contribution is 2.30. The van der Waals surface area contributed by atoms with E-state index in [1.165, 1.54) is 0 Å². The Bertz CT molecular complexity index is 1570. The third kappa shape index (κ3) is 4.80.